The molecule has 0 atom stereocenters. The molecule has 2 aromatic rings. The molecule has 30 heavy (non-hydrogen) atoms. The van der Waals surface area contributed by atoms with Crippen molar-refractivity contribution in [2.24, 2.45) is 5.41 Å². The lowest BCUT2D eigenvalue weighted by Gasteiger charge is -2.25. The van der Waals surface area contributed by atoms with Crippen LogP contribution in [-0.4, -0.2) is 32.2 Å². The number of nitrogens with one attached hydrogen (secondary N) is 2. The number of hydrogen-bond donors (Lipinski definition) is 2. The molecule has 1 aliphatic carbocycles. The van der Waals surface area contributed by atoms with E-state index in [4.69, 9.17) is 11.6 Å². The maximum absolute atomic E-state index is 14.8. The molecule has 9 heteroatoms. The van der Waals surface area contributed by atoms with E-state index in [-0.39, 0.29) is 21.2 Å². The molecule has 0 unspecified atom stereocenters. The number of rotatable bonds is 4. The molecule has 1 aromatic carbocycles. The second-order valence-electron chi connectivity index (χ2n) is 7.76. The first kappa shape index (κ1) is 23.0. The van der Waals surface area contributed by atoms with E-state index < -0.39 is 17.6 Å². The minimum absolute atomic E-state index is 0.0806. The second-order valence-corrected chi connectivity index (χ2v) is 8.96. The Morgan fingerprint density at radius 1 is 1.13 bits per heavy atom. The van der Waals surface area contributed by atoms with Crippen LogP contribution < -0.4 is 14.9 Å². The van der Waals surface area contributed by atoms with E-state index >= 15 is 0 Å². The molecular formula is C21H26ClF3N4S. The van der Waals surface area contributed by atoms with Crippen LogP contribution in [0.15, 0.2) is 29.2 Å². The summed E-state index contributed by atoms with van der Waals surface area (Å²) in [5, 5.41) is 2.67. The van der Waals surface area contributed by atoms with Crippen molar-refractivity contribution in [1.82, 2.24) is 10.3 Å². The Bertz CT molecular complexity index is 878. The molecule has 2 heterocycles. The number of pyridine rings is 1. The molecule has 2 fully saturated rings. The largest absolute Gasteiger partial charge is 0.370 e. The number of hydrogen-bond acceptors (Lipinski definition) is 5. The van der Waals surface area contributed by atoms with Crippen molar-refractivity contribution < 1.29 is 13.2 Å². The zero-order chi connectivity index (χ0) is 21.7. The highest BCUT2D eigenvalue weighted by atomic mass is 35.5. The number of benzene rings is 1. The first-order valence-electron chi connectivity index (χ1n) is 9.95. The van der Waals surface area contributed by atoms with Crippen LogP contribution in [-0.2, 0) is 0 Å². The van der Waals surface area contributed by atoms with Crippen molar-refractivity contribution in [3.63, 3.8) is 0 Å². The number of aromatic nitrogens is 1. The first-order chi connectivity index (χ1) is 14.4. The van der Waals surface area contributed by atoms with Crippen LogP contribution in [0, 0.1) is 23.0 Å². The molecular weight excluding hydrogens is 433 g/mol. The lowest BCUT2D eigenvalue weighted by atomic mass is 9.86. The van der Waals surface area contributed by atoms with Crippen molar-refractivity contribution >= 4 is 35.1 Å². The van der Waals surface area contributed by atoms with Gasteiger partial charge in [0.05, 0.1) is 5.69 Å². The Balaban J connectivity index is 0.000000806. The summed E-state index contributed by atoms with van der Waals surface area (Å²) in [6, 6.07) is 5.45. The van der Waals surface area contributed by atoms with Gasteiger partial charge in [-0.3, -0.25) is 0 Å². The smallest absolute Gasteiger partial charge is 0.214 e. The normalized spacial score (nSPS) is 17.2. The van der Waals surface area contributed by atoms with Gasteiger partial charge < -0.3 is 14.9 Å². The molecule has 4 rings (SSSR count). The van der Waals surface area contributed by atoms with E-state index in [0.29, 0.717) is 17.6 Å². The molecule has 2 N–H and O–H groups in total. The van der Waals surface area contributed by atoms with Gasteiger partial charge in [0.15, 0.2) is 5.82 Å². The maximum atomic E-state index is 14.8. The Morgan fingerprint density at radius 3 is 2.50 bits per heavy atom. The van der Waals surface area contributed by atoms with Gasteiger partial charge >= 0.3 is 0 Å². The summed E-state index contributed by atoms with van der Waals surface area (Å²) in [7, 11) is 3.75. The van der Waals surface area contributed by atoms with Gasteiger partial charge in [-0.25, -0.2) is 13.8 Å². The van der Waals surface area contributed by atoms with Gasteiger partial charge in [-0.2, -0.15) is 4.39 Å². The summed E-state index contributed by atoms with van der Waals surface area (Å²) < 4.78 is 45.2. The molecule has 1 saturated carbocycles. The Morgan fingerprint density at radius 2 is 1.83 bits per heavy atom. The van der Waals surface area contributed by atoms with E-state index in [1.165, 1.54) is 49.9 Å². The van der Waals surface area contributed by atoms with E-state index in [2.05, 4.69) is 15.0 Å². The van der Waals surface area contributed by atoms with Crippen molar-refractivity contribution in [1.29, 1.82) is 0 Å². The lowest BCUT2D eigenvalue weighted by Crippen LogP contribution is -2.25. The van der Waals surface area contributed by atoms with E-state index in [9.17, 15) is 13.2 Å². The molecule has 0 bridgehead atoms. The zero-order valence-electron chi connectivity index (χ0n) is 17.1. The lowest BCUT2D eigenvalue weighted by molar-refractivity contribution is 0.340. The van der Waals surface area contributed by atoms with Crippen LogP contribution >= 0.6 is 23.5 Å². The number of halogens is 4. The molecule has 1 aromatic heterocycles. The Hall–Kier alpha value is -1.64. The third-order valence-electron chi connectivity index (χ3n) is 5.51. The van der Waals surface area contributed by atoms with Crippen LogP contribution in [0.5, 0.6) is 0 Å². The van der Waals surface area contributed by atoms with Crippen molar-refractivity contribution in [2.75, 3.05) is 36.8 Å². The average molecular weight is 459 g/mol. The topological polar surface area (TPSA) is 40.2 Å². The number of anilines is 2. The predicted octanol–water partition coefficient (Wildman–Crippen LogP) is 5.88. The molecule has 2 aliphatic rings. The van der Waals surface area contributed by atoms with Gasteiger partial charge in [0.25, 0.3) is 0 Å². The number of nitrogens with zero attached hydrogens (tertiary/aromatic N) is 2. The van der Waals surface area contributed by atoms with Gasteiger partial charge in [-0.15, -0.1) is 0 Å². The summed E-state index contributed by atoms with van der Waals surface area (Å²) in [5.74, 6) is -2.02. The zero-order valence-corrected chi connectivity index (χ0v) is 18.6. The van der Waals surface area contributed by atoms with Gasteiger partial charge in [0, 0.05) is 19.2 Å². The van der Waals surface area contributed by atoms with Crippen molar-refractivity contribution in [2.45, 2.75) is 37.0 Å². The standard InChI is InChI=1S/C19H19ClF3N3S.C2H7N/c20-16-13(26-9-8-19(11-26)6-1-2-7-19)10-12(21)18(17(16)23)27-25-15-5-3-4-14(22)24-15;1-3-2/h3-5,10H,1-2,6-9,11H2,(H,24,25);3H,1-2H3. The molecule has 0 radical (unpaired) electrons. The molecule has 1 saturated heterocycles. The summed E-state index contributed by atoms with van der Waals surface area (Å²) in [4.78, 5) is 5.34. The summed E-state index contributed by atoms with van der Waals surface area (Å²) >= 11 is 6.94. The first-order valence-corrected chi connectivity index (χ1v) is 11.1. The highest BCUT2D eigenvalue weighted by molar-refractivity contribution is 8.00. The third-order valence-corrected chi connectivity index (χ3v) is 6.76. The maximum Gasteiger partial charge on any atom is 0.214 e. The molecule has 164 valence electrons. The quantitative estimate of drug-likeness (QED) is 0.340. The van der Waals surface area contributed by atoms with Gasteiger partial charge in [0.1, 0.15) is 21.6 Å². The third kappa shape index (κ3) is 5.15. The van der Waals surface area contributed by atoms with E-state index in [1.807, 2.05) is 19.0 Å². The minimum atomic E-state index is -0.812. The van der Waals surface area contributed by atoms with Gasteiger partial charge in [-0.05, 0) is 62.9 Å². The van der Waals surface area contributed by atoms with Gasteiger partial charge in [0.2, 0.25) is 5.95 Å². The summed E-state index contributed by atoms with van der Waals surface area (Å²) in [6.07, 6.45) is 5.82. The summed E-state index contributed by atoms with van der Waals surface area (Å²) in [6.45, 7) is 1.56. The predicted molar refractivity (Wildman–Crippen MR) is 118 cm³/mol. The van der Waals surface area contributed by atoms with Crippen LogP contribution in [0.3, 0.4) is 0 Å². The van der Waals surface area contributed by atoms with E-state index in [1.54, 1.807) is 0 Å². The molecule has 0 amide bonds. The Kier molecular flexibility index (Phi) is 7.76. The molecule has 1 spiro atoms. The highest BCUT2D eigenvalue weighted by Crippen LogP contribution is 2.48. The van der Waals surface area contributed by atoms with E-state index in [0.717, 1.165) is 19.5 Å². The van der Waals surface area contributed by atoms with Crippen LogP contribution in [0.25, 0.3) is 0 Å². The summed E-state index contributed by atoms with van der Waals surface area (Å²) in [5.41, 5.74) is 0.678. The van der Waals surface area contributed by atoms with Crippen LogP contribution in [0.1, 0.15) is 32.1 Å². The fraction of sp³-hybridized carbons (Fsp3) is 0.476. The SMILES string of the molecule is CNC.Fc1cccc(NSc2c(F)cc(N3CCC4(CCCC4)C3)c(Cl)c2F)n1. The van der Waals surface area contributed by atoms with Crippen molar-refractivity contribution in [3.8, 4) is 0 Å². The molecule has 4 nitrogen and oxygen atoms in total. The van der Waals surface area contributed by atoms with Crippen LogP contribution in [0.2, 0.25) is 5.02 Å². The average Bonchev–Trinajstić information content (AvgIpc) is 3.35. The Labute approximate surface area is 184 Å². The highest BCUT2D eigenvalue weighted by Gasteiger charge is 2.41. The molecule has 1 aliphatic heterocycles. The minimum Gasteiger partial charge on any atom is -0.370 e. The monoisotopic (exact) mass is 458 g/mol. The van der Waals surface area contributed by atoms with Gasteiger partial charge in [-0.1, -0.05) is 30.5 Å². The fourth-order valence-electron chi connectivity index (χ4n) is 4.13. The second kappa shape index (κ2) is 10.1. The van der Waals surface area contributed by atoms with Crippen molar-refractivity contribution in [3.05, 3.63) is 46.9 Å². The van der Waals surface area contributed by atoms with Crippen LogP contribution in [0.4, 0.5) is 24.7 Å². The fourth-order valence-corrected chi connectivity index (χ4v) is 5.12.